The summed E-state index contributed by atoms with van der Waals surface area (Å²) in [5.41, 5.74) is 0. The van der Waals surface area contributed by atoms with Crippen LogP contribution in [-0.4, -0.2) is 35.8 Å². The fraction of sp³-hybridized carbons (Fsp3) is 0.733. The van der Waals surface area contributed by atoms with Crippen molar-refractivity contribution >= 4 is 11.6 Å². The van der Waals surface area contributed by atoms with E-state index in [1.54, 1.807) is 0 Å². The monoisotopic (exact) mass is 278 g/mol. The summed E-state index contributed by atoms with van der Waals surface area (Å²) in [5, 5.41) is 6.72. The first-order valence-electron chi connectivity index (χ1n) is 7.73. The van der Waals surface area contributed by atoms with Gasteiger partial charge in [0.25, 0.3) is 0 Å². The quantitative estimate of drug-likeness (QED) is 0.716. The minimum atomic E-state index is 0.325. The third-order valence-electron chi connectivity index (χ3n) is 3.46. The highest BCUT2D eigenvalue weighted by molar-refractivity contribution is 5.47. The molecule has 5 nitrogen and oxygen atoms in total. The van der Waals surface area contributed by atoms with E-state index >= 15 is 0 Å². The van der Waals surface area contributed by atoms with Crippen molar-refractivity contribution in [3.05, 3.63) is 11.9 Å². The van der Waals surface area contributed by atoms with Gasteiger partial charge in [0.1, 0.15) is 17.5 Å². The molecular formula is C15H26N4O. The van der Waals surface area contributed by atoms with Gasteiger partial charge in [-0.1, -0.05) is 19.8 Å². The molecule has 0 bridgehead atoms. The molecule has 5 heteroatoms. The number of unbranched alkanes of at least 4 members (excludes halogenated alkanes) is 2. The number of aromatic nitrogens is 2. The van der Waals surface area contributed by atoms with E-state index in [1.165, 1.54) is 25.7 Å². The fourth-order valence-electron chi connectivity index (χ4n) is 2.36. The molecule has 0 radical (unpaired) electrons. The average molecular weight is 278 g/mol. The van der Waals surface area contributed by atoms with Crippen LogP contribution in [0.2, 0.25) is 0 Å². The Labute approximate surface area is 121 Å². The lowest BCUT2D eigenvalue weighted by atomic mass is 10.2. The van der Waals surface area contributed by atoms with Crippen molar-refractivity contribution in [1.82, 2.24) is 9.97 Å². The van der Waals surface area contributed by atoms with Gasteiger partial charge in [-0.15, -0.1) is 0 Å². The van der Waals surface area contributed by atoms with Crippen LogP contribution < -0.4 is 10.6 Å². The molecule has 1 aromatic heterocycles. The topological polar surface area (TPSA) is 59.1 Å². The van der Waals surface area contributed by atoms with Crippen LogP contribution in [0.1, 0.15) is 44.9 Å². The number of ether oxygens (including phenoxy) is 1. The van der Waals surface area contributed by atoms with E-state index < -0.39 is 0 Å². The molecule has 0 amide bonds. The number of anilines is 2. The van der Waals surface area contributed by atoms with E-state index in [0.29, 0.717) is 6.10 Å². The van der Waals surface area contributed by atoms with E-state index in [0.717, 1.165) is 43.6 Å². The molecule has 2 N–H and O–H groups in total. The predicted octanol–water partition coefficient (Wildman–Crippen LogP) is 2.98. The minimum Gasteiger partial charge on any atom is -0.376 e. The molecule has 1 saturated heterocycles. The molecule has 20 heavy (non-hydrogen) atoms. The Kier molecular flexibility index (Phi) is 6.05. The predicted molar refractivity (Wildman–Crippen MR) is 82.2 cm³/mol. The number of nitrogens with zero attached hydrogens (tertiary/aromatic N) is 2. The molecule has 2 rings (SSSR count). The molecular weight excluding hydrogens is 252 g/mol. The molecule has 0 aromatic carbocycles. The third-order valence-corrected chi connectivity index (χ3v) is 3.46. The summed E-state index contributed by atoms with van der Waals surface area (Å²) in [4.78, 5) is 8.84. The first-order valence-corrected chi connectivity index (χ1v) is 7.73. The summed E-state index contributed by atoms with van der Waals surface area (Å²) in [6.45, 7) is 6.82. The third kappa shape index (κ3) is 4.96. The summed E-state index contributed by atoms with van der Waals surface area (Å²) >= 11 is 0. The molecule has 0 aliphatic carbocycles. The van der Waals surface area contributed by atoms with Gasteiger partial charge in [-0.3, -0.25) is 0 Å². The number of hydrogen-bond donors (Lipinski definition) is 2. The zero-order valence-electron chi connectivity index (χ0n) is 12.6. The van der Waals surface area contributed by atoms with Crippen molar-refractivity contribution in [2.75, 3.05) is 30.3 Å². The standard InChI is InChI=1S/C15H26N4O/c1-3-4-5-8-16-14-10-15(19-12(2)18-14)17-11-13-7-6-9-20-13/h10,13H,3-9,11H2,1-2H3,(H2,16,17,18,19). The maximum atomic E-state index is 5.61. The maximum Gasteiger partial charge on any atom is 0.131 e. The van der Waals surface area contributed by atoms with Gasteiger partial charge in [-0.05, 0) is 26.2 Å². The van der Waals surface area contributed by atoms with E-state index in [-0.39, 0.29) is 0 Å². The van der Waals surface area contributed by atoms with Crippen LogP contribution >= 0.6 is 0 Å². The highest BCUT2D eigenvalue weighted by atomic mass is 16.5. The van der Waals surface area contributed by atoms with Gasteiger partial charge >= 0.3 is 0 Å². The Bertz CT molecular complexity index is 405. The molecule has 1 aromatic rings. The van der Waals surface area contributed by atoms with Crippen LogP contribution in [0.4, 0.5) is 11.6 Å². The highest BCUT2D eigenvalue weighted by Gasteiger charge is 2.15. The molecule has 1 aliphatic rings. The number of rotatable bonds is 8. The minimum absolute atomic E-state index is 0.325. The Morgan fingerprint density at radius 3 is 2.75 bits per heavy atom. The molecule has 1 fully saturated rings. The van der Waals surface area contributed by atoms with E-state index in [4.69, 9.17) is 4.74 Å². The van der Waals surface area contributed by atoms with Gasteiger partial charge in [0, 0.05) is 25.8 Å². The molecule has 2 heterocycles. The number of nitrogens with one attached hydrogen (secondary N) is 2. The lowest BCUT2D eigenvalue weighted by molar-refractivity contribution is 0.120. The molecule has 1 unspecified atom stereocenters. The van der Waals surface area contributed by atoms with Crippen LogP contribution in [0.25, 0.3) is 0 Å². The van der Waals surface area contributed by atoms with Gasteiger partial charge in [-0.2, -0.15) is 0 Å². The zero-order valence-corrected chi connectivity index (χ0v) is 12.6. The Morgan fingerprint density at radius 2 is 2.05 bits per heavy atom. The molecule has 112 valence electrons. The summed E-state index contributed by atoms with van der Waals surface area (Å²) in [5.74, 6) is 2.58. The van der Waals surface area contributed by atoms with Gasteiger partial charge in [0.15, 0.2) is 0 Å². The molecule has 0 spiro atoms. The first kappa shape index (κ1) is 15.0. The zero-order chi connectivity index (χ0) is 14.2. The van der Waals surface area contributed by atoms with E-state index in [9.17, 15) is 0 Å². The van der Waals surface area contributed by atoms with Crippen molar-refractivity contribution in [2.24, 2.45) is 0 Å². The average Bonchev–Trinajstić information content (AvgIpc) is 2.94. The van der Waals surface area contributed by atoms with Crippen LogP contribution in [0.5, 0.6) is 0 Å². The largest absolute Gasteiger partial charge is 0.376 e. The lowest BCUT2D eigenvalue weighted by Crippen LogP contribution is -2.19. The van der Waals surface area contributed by atoms with Crippen molar-refractivity contribution in [2.45, 2.75) is 52.1 Å². The van der Waals surface area contributed by atoms with Crippen molar-refractivity contribution in [1.29, 1.82) is 0 Å². The Balaban J connectivity index is 1.83. The van der Waals surface area contributed by atoms with Gasteiger partial charge in [0.05, 0.1) is 6.10 Å². The van der Waals surface area contributed by atoms with Crippen LogP contribution in [0.3, 0.4) is 0 Å². The summed E-state index contributed by atoms with van der Waals surface area (Å²) in [7, 11) is 0. The van der Waals surface area contributed by atoms with E-state index in [1.807, 2.05) is 13.0 Å². The molecule has 0 saturated carbocycles. The van der Waals surface area contributed by atoms with Crippen LogP contribution in [0, 0.1) is 6.92 Å². The van der Waals surface area contributed by atoms with Crippen LogP contribution in [-0.2, 0) is 4.74 Å². The summed E-state index contributed by atoms with van der Waals surface area (Å²) in [6, 6.07) is 1.98. The molecule has 1 atom stereocenters. The smallest absolute Gasteiger partial charge is 0.131 e. The normalized spacial score (nSPS) is 18.2. The highest BCUT2D eigenvalue weighted by Crippen LogP contribution is 2.15. The second-order valence-electron chi connectivity index (χ2n) is 5.34. The fourth-order valence-corrected chi connectivity index (χ4v) is 2.36. The van der Waals surface area contributed by atoms with Gasteiger partial charge < -0.3 is 15.4 Å². The van der Waals surface area contributed by atoms with E-state index in [2.05, 4.69) is 27.5 Å². The summed E-state index contributed by atoms with van der Waals surface area (Å²) < 4.78 is 5.61. The van der Waals surface area contributed by atoms with Crippen LogP contribution in [0.15, 0.2) is 6.07 Å². The number of hydrogen-bond acceptors (Lipinski definition) is 5. The first-order chi connectivity index (χ1) is 9.78. The Hall–Kier alpha value is -1.36. The summed E-state index contributed by atoms with van der Waals surface area (Å²) in [6.07, 6.45) is 6.29. The second-order valence-corrected chi connectivity index (χ2v) is 5.34. The van der Waals surface area contributed by atoms with Gasteiger partial charge in [0.2, 0.25) is 0 Å². The SMILES string of the molecule is CCCCCNc1cc(NCC2CCCO2)nc(C)n1. The van der Waals surface area contributed by atoms with Crippen molar-refractivity contribution in [3.8, 4) is 0 Å². The molecule has 1 aliphatic heterocycles. The van der Waals surface area contributed by atoms with Gasteiger partial charge in [-0.25, -0.2) is 9.97 Å². The second kappa shape index (κ2) is 8.04. The lowest BCUT2D eigenvalue weighted by Gasteiger charge is -2.13. The van der Waals surface area contributed by atoms with Crippen molar-refractivity contribution in [3.63, 3.8) is 0 Å². The van der Waals surface area contributed by atoms with Crippen molar-refractivity contribution < 1.29 is 4.74 Å². The number of aryl methyl sites for hydroxylation is 1. The Morgan fingerprint density at radius 1 is 1.25 bits per heavy atom. The maximum absolute atomic E-state index is 5.61.